The standard InChI is InChI=1S/C10H14N2O5S2/c1-18-19-8-7(15)5(4-13)17-9(8)12-3-2-6(14)11-10(12)16/h2-3,5,7-9,13,15H,4H2,1H3,(H,11,14,16)/t5-,7?,8?,9-/m1/s1. The molecule has 0 spiro atoms. The maximum Gasteiger partial charge on any atom is 0.330 e. The largest absolute Gasteiger partial charge is 0.394 e. The average Bonchev–Trinajstić information content (AvgIpc) is 2.68. The Kier molecular flexibility index (Phi) is 4.74. The summed E-state index contributed by atoms with van der Waals surface area (Å²) < 4.78 is 6.72. The number of aromatic nitrogens is 2. The van der Waals surface area contributed by atoms with E-state index >= 15 is 0 Å². The fourth-order valence-electron chi connectivity index (χ4n) is 1.94. The van der Waals surface area contributed by atoms with Gasteiger partial charge in [0.05, 0.1) is 18.0 Å². The molecule has 19 heavy (non-hydrogen) atoms. The predicted molar refractivity (Wildman–Crippen MR) is 73.2 cm³/mol. The van der Waals surface area contributed by atoms with Gasteiger partial charge < -0.3 is 14.9 Å². The Labute approximate surface area is 116 Å². The molecule has 1 saturated heterocycles. The number of rotatable bonds is 4. The first-order valence-electron chi connectivity index (χ1n) is 5.53. The molecule has 7 nitrogen and oxygen atoms in total. The van der Waals surface area contributed by atoms with E-state index in [1.54, 1.807) is 0 Å². The van der Waals surface area contributed by atoms with Crippen molar-refractivity contribution in [1.29, 1.82) is 0 Å². The molecular formula is C10H14N2O5S2. The molecule has 4 atom stereocenters. The summed E-state index contributed by atoms with van der Waals surface area (Å²) in [6.07, 6.45) is 0.816. The van der Waals surface area contributed by atoms with Gasteiger partial charge in [-0.25, -0.2) is 4.79 Å². The number of ether oxygens (including phenoxy) is 1. The van der Waals surface area contributed by atoms with E-state index in [4.69, 9.17) is 9.84 Å². The summed E-state index contributed by atoms with van der Waals surface area (Å²) >= 11 is 0. The zero-order chi connectivity index (χ0) is 14.0. The highest BCUT2D eigenvalue weighted by Crippen LogP contribution is 2.41. The fraction of sp³-hybridized carbons (Fsp3) is 0.600. The van der Waals surface area contributed by atoms with E-state index in [0.717, 1.165) is 0 Å². The first kappa shape index (κ1) is 14.7. The minimum Gasteiger partial charge on any atom is -0.394 e. The van der Waals surface area contributed by atoms with Crippen molar-refractivity contribution >= 4 is 21.6 Å². The molecule has 1 aliphatic rings. The number of aromatic amines is 1. The predicted octanol–water partition coefficient (Wildman–Crippen LogP) is -0.833. The Balaban J connectivity index is 2.36. The van der Waals surface area contributed by atoms with E-state index in [2.05, 4.69) is 4.98 Å². The van der Waals surface area contributed by atoms with Crippen LogP contribution in [0.4, 0.5) is 0 Å². The van der Waals surface area contributed by atoms with Crippen LogP contribution in [0, 0.1) is 0 Å². The molecule has 3 N–H and O–H groups in total. The topological polar surface area (TPSA) is 105 Å². The molecule has 1 aliphatic heterocycles. The van der Waals surface area contributed by atoms with Gasteiger partial charge in [-0.1, -0.05) is 21.6 Å². The van der Waals surface area contributed by atoms with Crippen molar-refractivity contribution in [1.82, 2.24) is 9.55 Å². The lowest BCUT2D eigenvalue weighted by molar-refractivity contribution is -0.0457. The lowest BCUT2D eigenvalue weighted by atomic mass is 10.2. The first-order chi connectivity index (χ1) is 9.08. The van der Waals surface area contributed by atoms with Gasteiger partial charge in [0.1, 0.15) is 6.10 Å². The third-order valence-corrected chi connectivity index (χ3v) is 5.00. The molecular weight excluding hydrogens is 292 g/mol. The molecule has 2 unspecified atom stereocenters. The van der Waals surface area contributed by atoms with Crippen LogP contribution in [0.1, 0.15) is 6.23 Å². The van der Waals surface area contributed by atoms with Crippen LogP contribution in [0.25, 0.3) is 0 Å². The fourth-order valence-corrected chi connectivity index (χ4v) is 4.03. The number of aliphatic hydroxyl groups is 2. The molecule has 0 aliphatic carbocycles. The van der Waals surface area contributed by atoms with Gasteiger partial charge in [0.25, 0.3) is 5.56 Å². The maximum absolute atomic E-state index is 11.7. The molecule has 0 saturated carbocycles. The van der Waals surface area contributed by atoms with Crippen LogP contribution in [0.5, 0.6) is 0 Å². The van der Waals surface area contributed by atoms with Gasteiger partial charge in [0, 0.05) is 12.3 Å². The summed E-state index contributed by atoms with van der Waals surface area (Å²) in [5, 5.41) is 18.8. The normalized spacial score (nSPS) is 30.7. The summed E-state index contributed by atoms with van der Waals surface area (Å²) in [4.78, 5) is 24.9. The summed E-state index contributed by atoms with van der Waals surface area (Å²) in [5.41, 5.74) is -1.09. The van der Waals surface area contributed by atoms with Crippen LogP contribution in [0.2, 0.25) is 0 Å². The molecule has 1 fully saturated rings. The van der Waals surface area contributed by atoms with E-state index in [9.17, 15) is 14.7 Å². The van der Waals surface area contributed by atoms with Crippen molar-refractivity contribution in [3.63, 3.8) is 0 Å². The Morgan fingerprint density at radius 2 is 2.26 bits per heavy atom. The van der Waals surface area contributed by atoms with Crippen molar-refractivity contribution in [2.45, 2.75) is 23.7 Å². The first-order valence-corrected chi connectivity index (χ1v) is 8.16. The van der Waals surface area contributed by atoms with E-state index in [0.29, 0.717) is 0 Å². The van der Waals surface area contributed by atoms with Gasteiger partial charge in [-0.05, 0) is 6.26 Å². The van der Waals surface area contributed by atoms with Gasteiger partial charge in [0.2, 0.25) is 0 Å². The monoisotopic (exact) mass is 306 g/mol. The molecule has 0 radical (unpaired) electrons. The van der Waals surface area contributed by atoms with Gasteiger partial charge in [-0.3, -0.25) is 14.3 Å². The van der Waals surface area contributed by atoms with Crippen molar-refractivity contribution in [3.8, 4) is 0 Å². The van der Waals surface area contributed by atoms with Crippen LogP contribution in [0.15, 0.2) is 21.9 Å². The van der Waals surface area contributed by atoms with Crippen molar-refractivity contribution in [2.24, 2.45) is 0 Å². The molecule has 0 amide bonds. The summed E-state index contributed by atoms with van der Waals surface area (Å²) in [6.45, 7) is -0.332. The van der Waals surface area contributed by atoms with Crippen molar-refractivity contribution in [2.75, 3.05) is 12.9 Å². The second-order valence-corrected chi connectivity index (χ2v) is 6.63. The van der Waals surface area contributed by atoms with E-state index < -0.39 is 34.9 Å². The highest BCUT2D eigenvalue weighted by Gasteiger charge is 2.45. The lowest BCUT2D eigenvalue weighted by Crippen LogP contribution is -2.36. The second kappa shape index (κ2) is 6.14. The third kappa shape index (κ3) is 2.90. The second-order valence-electron chi connectivity index (χ2n) is 3.98. The molecule has 106 valence electrons. The lowest BCUT2D eigenvalue weighted by Gasteiger charge is -2.19. The maximum atomic E-state index is 11.7. The highest BCUT2D eigenvalue weighted by molar-refractivity contribution is 8.76. The van der Waals surface area contributed by atoms with Gasteiger partial charge in [-0.15, -0.1) is 0 Å². The van der Waals surface area contributed by atoms with E-state index in [-0.39, 0.29) is 6.61 Å². The number of nitrogens with zero attached hydrogens (tertiary/aromatic N) is 1. The van der Waals surface area contributed by atoms with Gasteiger partial charge in [-0.2, -0.15) is 0 Å². The SMILES string of the molecule is CSSC1C(O)[C@@H](CO)O[C@H]1n1ccc(=O)[nH]c1=O. The zero-order valence-electron chi connectivity index (χ0n) is 10.1. The van der Waals surface area contributed by atoms with Crippen LogP contribution in [0.3, 0.4) is 0 Å². The molecule has 9 heteroatoms. The van der Waals surface area contributed by atoms with E-state index in [1.807, 2.05) is 6.26 Å². The minimum atomic E-state index is -0.883. The minimum absolute atomic E-state index is 0.332. The van der Waals surface area contributed by atoms with Crippen LogP contribution >= 0.6 is 21.6 Å². The van der Waals surface area contributed by atoms with E-state index in [1.165, 1.54) is 38.4 Å². The van der Waals surface area contributed by atoms with Crippen LogP contribution in [-0.4, -0.2) is 50.1 Å². The average molecular weight is 306 g/mol. The quantitative estimate of drug-likeness (QED) is 0.623. The summed E-state index contributed by atoms with van der Waals surface area (Å²) in [5.74, 6) is 0. The number of hydrogen-bond donors (Lipinski definition) is 3. The molecule has 2 rings (SSSR count). The smallest absolute Gasteiger partial charge is 0.330 e. The zero-order valence-corrected chi connectivity index (χ0v) is 11.7. The summed E-state index contributed by atoms with van der Waals surface area (Å²) in [7, 11) is 2.79. The van der Waals surface area contributed by atoms with Gasteiger partial charge >= 0.3 is 5.69 Å². The number of hydrogen-bond acceptors (Lipinski definition) is 7. The van der Waals surface area contributed by atoms with Crippen molar-refractivity contribution < 1.29 is 14.9 Å². The number of aliphatic hydroxyl groups excluding tert-OH is 2. The molecule has 0 bridgehead atoms. The molecule has 2 heterocycles. The van der Waals surface area contributed by atoms with Crippen molar-refractivity contribution in [3.05, 3.63) is 33.1 Å². The highest BCUT2D eigenvalue weighted by atomic mass is 33.1. The molecule has 1 aromatic rings. The number of nitrogens with one attached hydrogen (secondary N) is 1. The Hall–Kier alpha value is -0.740. The Bertz CT molecular complexity index is 545. The third-order valence-electron chi connectivity index (χ3n) is 2.83. The van der Waals surface area contributed by atoms with Crippen LogP contribution in [-0.2, 0) is 4.74 Å². The van der Waals surface area contributed by atoms with Gasteiger partial charge in [0.15, 0.2) is 6.23 Å². The summed E-state index contributed by atoms with van der Waals surface area (Å²) in [6, 6.07) is 1.21. The Morgan fingerprint density at radius 3 is 2.84 bits per heavy atom. The molecule has 1 aromatic heterocycles. The molecule has 0 aromatic carbocycles. The number of H-pyrrole nitrogens is 1. The Morgan fingerprint density at radius 1 is 1.53 bits per heavy atom. The van der Waals surface area contributed by atoms with Crippen LogP contribution < -0.4 is 11.2 Å².